The van der Waals surface area contributed by atoms with E-state index in [1.165, 1.54) is 0 Å². The maximum Gasteiger partial charge on any atom is 0.266 e. The number of nitrogens with one attached hydrogen (secondary N) is 1. The van der Waals surface area contributed by atoms with Gasteiger partial charge in [0.1, 0.15) is 11.6 Å². The molecular weight excluding hydrogens is 238 g/mol. The van der Waals surface area contributed by atoms with E-state index in [2.05, 4.69) is 9.97 Å². The molecule has 94 valence electrons. The van der Waals surface area contributed by atoms with E-state index in [9.17, 15) is 4.79 Å². The van der Waals surface area contributed by atoms with E-state index < -0.39 is 0 Å². The van der Waals surface area contributed by atoms with Crippen molar-refractivity contribution in [1.29, 1.82) is 5.26 Å². The van der Waals surface area contributed by atoms with Crippen molar-refractivity contribution in [3.8, 4) is 17.3 Å². The minimum Gasteiger partial charge on any atom is -0.321 e. The van der Waals surface area contributed by atoms with Crippen LogP contribution in [0.3, 0.4) is 0 Å². The van der Waals surface area contributed by atoms with Gasteiger partial charge in [0.2, 0.25) is 0 Å². The summed E-state index contributed by atoms with van der Waals surface area (Å²) in [7, 11) is 0. The van der Waals surface area contributed by atoms with Crippen LogP contribution in [0.2, 0.25) is 0 Å². The van der Waals surface area contributed by atoms with Gasteiger partial charge in [-0.1, -0.05) is 0 Å². The molecule has 0 aromatic carbocycles. The molecule has 0 aliphatic heterocycles. The molecule has 0 saturated carbocycles. The summed E-state index contributed by atoms with van der Waals surface area (Å²) in [6.45, 7) is 0. The van der Waals surface area contributed by atoms with Gasteiger partial charge < -0.3 is 4.98 Å². The molecule has 0 bridgehead atoms. The van der Waals surface area contributed by atoms with Crippen molar-refractivity contribution in [2.45, 2.75) is 25.7 Å². The largest absolute Gasteiger partial charge is 0.321 e. The van der Waals surface area contributed by atoms with Crippen LogP contribution in [0.15, 0.2) is 29.3 Å². The van der Waals surface area contributed by atoms with E-state index in [1.807, 2.05) is 18.2 Å². The first-order valence-corrected chi connectivity index (χ1v) is 6.40. The summed E-state index contributed by atoms with van der Waals surface area (Å²) < 4.78 is 0. The maximum atomic E-state index is 12.0. The van der Waals surface area contributed by atoms with E-state index >= 15 is 0 Å². The topological polar surface area (TPSA) is 69.5 Å². The first-order valence-electron chi connectivity index (χ1n) is 6.40. The second kappa shape index (κ2) is 4.69. The maximum absolute atomic E-state index is 12.0. The molecule has 0 unspecified atom stereocenters. The lowest BCUT2D eigenvalue weighted by Crippen LogP contribution is -2.20. The van der Waals surface area contributed by atoms with Gasteiger partial charge in [0.05, 0.1) is 5.69 Å². The third-order valence-corrected chi connectivity index (χ3v) is 3.62. The second-order valence-electron chi connectivity index (χ2n) is 4.72. The number of pyridine rings is 2. The monoisotopic (exact) mass is 251 g/mol. The van der Waals surface area contributed by atoms with Crippen LogP contribution in [0.4, 0.5) is 0 Å². The molecule has 0 radical (unpaired) electrons. The van der Waals surface area contributed by atoms with Gasteiger partial charge in [-0.05, 0) is 48.9 Å². The van der Waals surface area contributed by atoms with Gasteiger partial charge in [-0.25, -0.2) is 0 Å². The number of nitrogens with zero attached hydrogens (tertiary/aromatic N) is 2. The minimum absolute atomic E-state index is 0.282. The molecule has 0 fully saturated rings. The SMILES string of the molecule is N#Cc1c2c(c(-c3ccncc3)[nH]c1=O)CCCC2. The average molecular weight is 251 g/mol. The molecule has 2 heterocycles. The van der Waals surface area contributed by atoms with Crippen LogP contribution < -0.4 is 5.56 Å². The third kappa shape index (κ3) is 1.93. The first kappa shape index (κ1) is 11.7. The van der Waals surface area contributed by atoms with Gasteiger partial charge >= 0.3 is 0 Å². The smallest absolute Gasteiger partial charge is 0.266 e. The molecule has 3 rings (SSSR count). The van der Waals surface area contributed by atoms with Crippen molar-refractivity contribution in [1.82, 2.24) is 9.97 Å². The Morgan fingerprint density at radius 1 is 1.16 bits per heavy atom. The van der Waals surface area contributed by atoms with E-state index in [-0.39, 0.29) is 11.1 Å². The summed E-state index contributed by atoms with van der Waals surface area (Å²) >= 11 is 0. The number of H-pyrrole nitrogens is 1. The van der Waals surface area contributed by atoms with Gasteiger partial charge in [0.25, 0.3) is 5.56 Å². The summed E-state index contributed by atoms with van der Waals surface area (Å²) in [6.07, 6.45) is 7.30. The van der Waals surface area contributed by atoms with Crippen molar-refractivity contribution >= 4 is 0 Å². The highest BCUT2D eigenvalue weighted by Crippen LogP contribution is 2.30. The number of aromatic amines is 1. The van der Waals surface area contributed by atoms with Crippen molar-refractivity contribution in [2.24, 2.45) is 0 Å². The zero-order valence-electron chi connectivity index (χ0n) is 10.4. The zero-order valence-corrected chi connectivity index (χ0v) is 10.4. The number of nitriles is 1. The first-order chi connectivity index (χ1) is 9.31. The van der Waals surface area contributed by atoms with E-state index in [1.54, 1.807) is 12.4 Å². The molecule has 0 atom stereocenters. The predicted octanol–water partition coefficient (Wildman–Crippen LogP) is 2.19. The fourth-order valence-corrected chi connectivity index (χ4v) is 2.73. The lowest BCUT2D eigenvalue weighted by Gasteiger charge is -2.20. The Morgan fingerprint density at radius 3 is 2.53 bits per heavy atom. The van der Waals surface area contributed by atoms with Crippen LogP contribution in [-0.4, -0.2) is 9.97 Å². The highest BCUT2D eigenvalue weighted by atomic mass is 16.1. The Bertz CT molecular complexity index is 711. The van der Waals surface area contributed by atoms with Crippen LogP contribution in [0.25, 0.3) is 11.3 Å². The van der Waals surface area contributed by atoms with Crippen molar-refractivity contribution in [2.75, 3.05) is 0 Å². The highest BCUT2D eigenvalue weighted by Gasteiger charge is 2.20. The predicted molar refractivity (Wildman–Crippen MR) is 71.7 cm³/mol. The molecule has 0 saturated heterocycles. The number of hydrogen-bond donors (Lipinski definition) is 1. The average Bonchev–Trinajstić information content (AvgIpc) is 2.47. The Hall–Kier alpha value is -2.41. The number of hydrogen-bond acceptors (Lipinski definition) is 3. The summed E-state index contributed by atoms with van der Waals surface area (Å²) in [5, 5.41) is 9.16. The summed E-state index contributed by atoms with van der Waals surface area (Å²) in [4.78, 5) is 18.9. The van der Waals surface area contributed by atoms with Crippen LogP contribution in [0, 0.1) is 11.3 Å². The van der Waals surface area contributed by atoms with Gasteiger partial charge in [-0.15, -0.1) is 0 Å². The van der Waals surface area contributed by atoms with Crippen LogP contribution in [-0.2, 0) is 12.8 Å². The standard InChI is InChI=1S/C15H13N3O/c16-9-13-11-3-1-2-4-12(11)14(18-15(13)19)10-5-7-17-8-6-10/h5-8H,1-4H2,(H,18,19). The number of rotatable bonds is 1. The molecule has 1 N–H and O–H groups in total. The van der Waals surface area contributed by atoms with Gasteiger partial charge in [-0.3, -0.25) is 9.78 Å². The zero-order chi connectivity index (χ0) is 13.2. The molecule has 2 aromatic rings. The number of aromatic nitrogens is 2. The van der Waals surface area contributed by atoms with Crippen molar-refractivity contribution in [3.63, 3.8) is 0 Å². The Morgan fingerprint density at radius 2 is 1.84 bits per heavy atom. The van der Waals surface area contributed by atoms with Crippen LogP contribution in [0.5, 0.6) is 0 Å². The van der Waals surface area contributed by atoms with Gasteiger partial charge in [0.15, 0.2) is 0 Å². The molecule has 4 heteroatoms. The van der Waals surface area contributed by atoms with E-state index in [0.717, 1.165) is 48.1 Å². The lowest BCUT2D eigenvalue weighted by molar-refractivity contribution is 0.680. The summed E-state index contributed by atoms with van der Waals surface area (Å²) in [6, 6.07) is 5.81. The minimum atomic E-state index is -0.282. The third-order valence-electron chi connectivity index (χ3n) is 3.62. The molecule has 4 nitrogen and oxygen atoms in total. The summed E-state index contributed by atoms with van der Waals surface area (Å²) in [5.74, 6) is 0. The molecular formula is C15H13N3O. The van der Waals surface area contributed by atoms with Crippen molar-refractivity contribution < 1.29 is 0 Å². The quantitative estimate of drug-likeness (QED) is 0.844. The van der Waals surface area contributed by atoms with Crippen LogP contribution in [0.1, 0.15) is 29.5 Å². The lowest BCUT2D eigenvalue weighted by atomic mass is 9.86. The number of fused-ring (bicyclic) bond motifs is 1. The highest BCUT2D eigenvalue weighted by molar-refractivity contribution is 5.66. The molecule has 1 aliphatic rings. The Balaban J connectivity index is 2.30. The van der Waals surface area contributed by atoms with E-state index in [0.29, 0.717) is 0 Å². The molecule has 0 amide bonds. The Labute approximate surface area is 110 Å². The van der Waals surface area contributed by atoms with Crippen molar-refractivity contribution in [3.05, 3.63) is 51.6 Å². The molecule has 19 heavy (non-hydrogen) atoms. The fraction of sp³-hybridized carbons (Fsp3) is 0.267. The molecule has 1 aliphatic carbocycles. The van der Waals surface area contributed by atoms with Gasteiger partial charge in [0, 0.05) is 18.0 Å². The second-order valence-corrected chi connectivity index (χ2v) is 4.72. The molecule has 2 aromatic heterocycles. The normalized spacial score (nSPS) is 13.6. The van der Waals surface area contributed by atoms with Crippen LogP contribution >= 0.6 is 0 Å². The summed E-state index contributed by atoms with van der Waals surface area (Å²) in [5.41, 5.74) is 3.86. The Kier molecular flexibility index (Phi) is 2.88. The van der Waals surface area contributed by atoms with Gasteiger partial charge in [-0.2, -0.15) is 5.26 Å². The fourth-order valence-electron chi connectivity index (χ4n) is 2.73. The molecule has 0 spiro atoms. The van der Waals surface area contributed by atoms with E-state index in [4.69, 9.17) is 5.26 Å².